The molecule has 0 spiro atoms. The zero-order valence-electron chi connectivity index (χ0n) is 10.6. The summed E-state index contributed by atoms with van der Waals surface area (Å²) in [5, 5.41) is 16.6. The molecule has 0 aliphatic heterocycles. The number of aromatic nitrogens is 2. The number of ether oxygens (including phenoxy) is 2. The largest absolute Gasteiger partial charge is 0.495 e. The van der Waals surface area contributed by atoms with Crippen molar-refractivity contribution < 1.29 is 14.6 Å². The summed E-state index contributed by atoms with van der Waals surface area (Å²) in [5.74, 6) is 1.26. The van der Waals surface area contributed by atoms with E-state index < -0.39 is 6.10 Å². The van der Waals surface area contributed by atoms with Crippen LogP contribution in [0.25, 0.3) is 0 Å². The molecule has 0 fully saturated rings. The van der Waals surface area contributed by atoms with Gasteiger partial charge in [0, 0.05) is 6.54 Å². The summed E-state index contributed by atoms with van der Waals surface area (Å²) in [6.07, 6.45) is 0.819. The Morgan fingerprint density at radius 3 is 2.72 bits per heavy atom. The van der Waals surface area contributed by atoms with Gasteiger partial charge in [-0.05, 0) is 18.4 Å². The minimum atomic E-state index is -0.794. The Kier molecular flexibility index (Phi) is 3.88. The first kappa shape index (κ1) is 12.9. The monoisotopic (exact) mass is 268 g/mol. The Morgan fingerprint density at radius 1 is 1.39 bits per heavy atom. The second kappa shape index (κ2) is 5.41. The summed E-state index contributed by atoms with van der Waals surface area (Å²) >= 11 is 1.45. The second-order valence-electron chi connectivity index (χ2n) is 3.67. The summed E-state index contributed by atoms with van der Waals surface area (Å²) in [7, 11) is 3.16. The predicted molar refractivity (Wildman–Crippen MR) is 69.4 cm³/mol. The molecule has 2 aromatic heterocycles. The summed E-state index contributed by atoms with van der Waals surface area (Å²) in [6.45, 7) is 2.64. The molecule has 0 bridgehead atoms. The van der Waals surface area contributed by atoms with Crippen molar-refractivity contribution in [2.24, 2.45) is 0 Å². The molecule has 1 unspecified atom stereocenters. The first-order chi connectivity index (χ1) is 8.72. The Hall–Kier alpha value is -1.53. The van der Waals surface area contributed by atoms with Crippen LogP contribution in [0.4, 0.5) is 0 Å². The van der Waals surface area contributed by atoms with Gasteiger partial charge in [0.05, 0.1) is 25.3 Å². The molecule has 0 radical (unpaired) electrons. The first-order valence-corrected chi connectivity index (χ1v) is 6.50. The van der Waals surface area contributed by atoms with E-state index in [2.05, 4.69) is 5.10 Å². The van der Waals surface area contributed by atoms with Gasteiger partial charge in [0.25, 0.3) is 0 Å². The highest BCUT2D eigenvalue weighted by molar-refractivity contribution is 7.10. The van der Waals surface area contributed by atoms with Crippen LogP contribution >= 0.6 is 11.3 Å². The number of thiophene rings is 1. The molecule has 0 aromatic carbocycles. The van der Waals surface area contributed by atoms with Crippen LogP contribution in [0.2, 0.25) is 0 Å². The van der Waals surface area contributed by atoms with E-state index in [0.29, 0.717) is 23.7 Å². The molecule has 6 heteroatoms. The van der Waals surface area contributed by atoms with Crippen LogP contribution in [0.3, 0.4) is 0 Å². The Bertz CT molecular complexity index is 500. The normalized spacial score (nSPS) is 12.4. The lowest BCUT2D eigenvalue weighted by atomic mass is 10.2. The van der Waals surface area contributed by atoms with Crippen molar-refractivity contribution >= 4 is 11.3 Å². The van der Waals surface area contributed by atoms with Gasteiger partial charge in [-0.1, -0.05) is 0 Å². The SMILES string of the molecule is CCn1ncc(OC)c1C(O)c1sccc1OC. The molecule has 0 aliphatic rings. The van der Waals surface area contributed by atoms with Crippen LogP contribution in [0, 0.1) is 0 Å². The van der Waals surface area contributed by atoms with Crippen molar-refractivity contribution in [3.05, 3.63) is 28.2 Å². The van der Waals surface area contributed by atoms with Crippen LogP contribution in [0.1, 0.15) is 23.6 Å². The highest BCUT2D eigenvalue weighted by Crippen LogP contribution is 2.37. The van der Waals surface area contributed by atoms with Crippen molar-refractivity contribution in [2.75, 3.05) is 14.2 Å². The lowest BCUT2D eigenvalue weighted by Gasteiger charge is -2.14. The molecule has 0 amide bonds. The van der Waals surface area contributed by atoms with Crippen molar-refractivity contribution in [2.45, 2.75) is 19.6 Å². The Labute approximate surface area is 110 Å². The van der Waals surface area contributed by atoms with E-state index in [4.69, 9.17) is 9.47 Å². The molecule has 2 rings (SSSR count). The number of aliphatic hydroxyl groups is 1. The number of methoxy groups -OCH3 is 2. The third-order valence-corrected chi connectivity index (χ3v) is 3.70. The zero-order valence-corrected chi connectivity index (χ0v) is 11.4. The van der Waals surface area contributed by atoms with Crippen molar-refractivity contribution in [1.29, 1.82) is 0 Å². The average Bonchev–Trinajstić information content (AvgIpc) is 3.03. The van der Waals surface area contributed by atoms with Crippen molar-refractivity contribution in [3.8, 4) is 11.5 Å². The minimum Gasteiger partial charge on any atom is -0.495 e. The van der Waals surface area contributed by atoms with Crippen LogP contribution in [0.5, 0.6) is 11.5 Å². The Morgan fingerprint density at radius 2 is 2.11 bits per heavy atom. The average molecular weight is 268 g/mol. The van der Waals surface area contributed by atoms with Gasteiger partial charge >= 0.3 is 0 Å². The van der Waals surface area contributed by atoms with E-state index in [0.717, 1.165) is 4.88 Å². The zero-order chi connectivity index (χ0) is 13.1. The molecule has 0 saturated carbocycles. The number of aryl methyl sites for hydroxylation is 1. The van der Waals surface area contributed by atoms with Gasteiger partial charge < -0.3 is 14.6 Å². The van der Waals surface area contributed by atoms with Gasteiger partial charge in [-0.25, -0.2) is 0 Å². The molecule has 98 valence electrons. The lowest BCUT2D eigenvalue weighted by Crippen LogP contribution is -2.10. The summed E-state index contributed by atoms with van der Waals surface area (Å²) in [6, 6.07) is 1.84. The Balaban J connectivity index is 2.44. The molecule has 5 nitrogen and oxygen atoms in total. The topological polar surface area (TPSA) is 56.5 Å². The van der Waals surface area contributed by atoms with E-state index in [-0.39, 0.29) is 0 Å². The number of aliphatic hydroxyl groups excluding tert-OH is 1. The van der Waals surface area contributed by atoms with Gasteiger partial charge in [-0.15, -0.1) is 11.3 Å². The minimum absolute atomic E-state index is 0.583. The lowest BCUT2D eigenvalue weighted by molar-refractivity contribution is 0.202. The van der Waals surface area contributed by atoms with E-state index in [1.54, 1.807) is 25.1 Å². The smallest absolute Gasteiger partial charge is 0.163 e. The summed E-state index contributed by atoms with van der Waals surface area (Å²) in [5.41, 5.74) is 0.653. The fraction of sp³-hybridized carbons (Fsp3) is 0.417. The van der Waals surface area contributed by atoms with Crippen LogP contribution in [0.15, 0.2) is 17.6 Å². The highest BCUT2D eigenvalue weighted by atomic mass is 32.1. The maximum atomic E-state index is 10.5. The summed E-state index contributed by atoms with van der Waals surface area (Å²) in [4.78, 5) is 0.756. The van der Waals surface area contributed by atoms with Crippen molar-refractivity contribution in [1.82, 2.24) is 9.78 Å². The third-order valence-electron chi connectivity index (χ3n) is 2.75. The van der Waals surface area contributed by atoms with Gasteiger partial charge in [-0.2, -0.15) is 5.10 Å². The first-order valence-electron chi connectivity index (χ1n) is 5.62. The van der Waals surface area contributed by atoms with Gasteiger partial charge in [0.1, 0.15) is 17.5 Å². The molecule has 1 atom stereocenters. The molecule has 18 heavy (non-hydrogen) atoms. The fourth-order valence-corrected chi connectivity index (χ4v) is 2.71. The van der Waals surface area contributed by atoms with E-state index in [1.807, 2.05) is 18.4 Å². The molecule has 2 heterocycles. The number of nitrogens with zero attached hydrogens (tertiary/aromatic N) is 2. The standard InChI is InChI=1S/C12H16N2O3S/c1-4-14-10(9(17-3)7-13-14)11(15)12-8(16-2)5-6-18-12/h5-7,11,15H,4H2,1-3H3. The molecular formula is C12H16N2O3S. The van der Waals surface area contributed by atoms with Gasteiger partial charge in [-0.3, -0.25) is 4.68 Å². The quantitative estimate of drug-likeness (QED) is 0.902. The van der Waals surface area contributed by atoms with Crippen molar-refractivity contribution in [3.63, 3.8) is 0 Å². The number of hydrogen-bond acceptors (Lipinski definition) is 5. The maximum Gasteiger partial charge on any atom is 0.163 e. The molecule has 2 aromatic rings. The molecule has 0 aliphatic carbocycles. The molecular weight excluding hydrogens is 252 g/mol. The van der Waals surface area contributed by atoms with E-state index >= 15 is 0 Å². The van der Waals surface area contributed by atoms with E-state index in [9.17, 15) is 5.11 Å². The third kappa shape index (κ3) is 2.09. The molecule has 0 saturated heterocycles. The van der Waals surface area contributed by atoms with Crippen LogP contribution in [-0.4, -0.2) is 29.1 Å². The summed E-state index contributed by atoms with van der Waals surface area (Å²) < 4.78 is 12.2. The number of hydrogen-bond donors (Lipinski definition) is 1. The fourth-order valence-electron chi connectivity index (χ4n) is 1.86. The molecule has 1 N–H and O–H groups in total. The van der Waals surface area contributed by atoms with Gasteiger partial charge in [0.15, 0.2) is 5.75 Å². The van der Waals surface area contributed by atoms with Crippen LogP contribution < -0.4 is 9.47 Å². The maximum absolute atomic E-state index is 10.5. The van der Waals surface area contributed by atoms with Gasteiger partial charge in [0.2, 0.25) is 0 Å². The number of rotatable bonds is 5. The predicted octanol–water partition coefficient (Wildman–Crippen LogP) is 2.06. The van der Waals surface area contributed by atoms with Crippen LogP contribution in [-0.2, 0) is 6.54 Å². The highest BCUT2D eigenvalue weighted by Gasteiger charge is 2.24. The van der Waals surface area contributed by atoms with E-state index in [1.165, 1.54) is 11.3 Å². The second-order valence-corrected chi connectivity index (χ2v) is 4.62.